The van der Waals surface area contributed by atoms with Crippen LogP contribution >= 0.6 is 0 Å². The van der Waals surface area contributed by atoms with E-state index in [9.17, 15) is 9.18 Å². The molecule has 0 aliphatic carbocycles. The zero-order valence-electron chi connectivity index (χ0n) is 11.9. The van der Waals surface area contributed by atoms with Crippen LogP contribution in [0.5, 0.6) is 0 Å². The molecule has 0 saturated carbocycles. The normalized spacial score (nSPS) is 13.1. The molecule has 1 aromatic heterocycles. The first-order valence-electron chi connectivity index (χ1n) is 7.28. The Bertz CT molecular complexity index is 867. The summed E-state index contributed by atoms with van der Waals surface area (Å²) in [6.07, 6.45) is 0. The maximum absolute atomic E-state index is 13.0. The van der Waals surface area contributed by atoms with Gasteiger partial charge in [0.2, 0.25) is 0 Å². The Balaban J connectivity index is 1.75. The summed E-state index contributed by atoms with van der Waals surface area (Å²) < 4.78 is 17.2. The first kappa shape index (κ1) is 13.0. The van der Waals surface area contributed by atoms with E-state index in [4.69, 9.17) is 0 Å². The molecule has 2 heterocycles. The molecule has 0 fully saturated rings. The van der Waals surface area contributed by atoms with Crippen LogP contribution in [0.4, 0.5) is 10.3 Å². The summed E-state index contributed by atoms with van der Waals surface area (Å²) in [5.41, 5.74) is 2.67. The lowest BCUT2D eigenvalue weighted by Gasteiger charge is -2.02. The molecular weight excluding hydrogens is 281 g/mol. The van der Waals surface area contributed by atoms with Crippen LogP contribution in [0, 0.1) is 5.82 Å². The number of benzene rings is 2. The van der Waals surface area contributed by atoms with Crippen molar-refractivity contribution in [3.05, 3.63) is 59.9 Å². The van der Waals surface area contributed by atoms with Crippen LogP contribution in [0.15, 0.2) is 48.5 Å². The van der Waals surface area contributed by atoms with Gasteiger partial charge in [-0.2, -0.15) is 0 Å². The van der Waals surface area contributed by atoms with E-state index in [2.05, 4.69) is 16.0 Å². The predicted octanol–water partition coefficient (Wildman–Crippen LogP) is 2.38. The Morgan fingerprint density at radius 3 is 2.77 bits per heavy atom. The Kier molecular flexibility index (Phi) is 2.92. The molecule has 4 nitrogen and oxygen atoms in total. The number of hydrogen-bond donors (Lipinski definition) is 1. The lowest BCUT2D eigenvalue weighted by molar-refractivity contribution is -0.644. The SMILES string of the molecule is O=C(Cn1c2[n+](c3ccccc31)CCN2)c1ccc(F)cc1. The highest BCUT2D eigenvalue weighted by atomic mass is 19.1. The van der Waals surface area contributed by atoms with E-state index in [1.165, 1.54) is 24.3 Å². The van der Waals surface area contributed by atoms with Gasteiger partial charge in [-0.25, -0.2) is 13.5 Å². The zero-order chi connectivity index (χ0) is 15.1. The maximum Gasteiger partial charge on any atom is 0.359 e. The third-order valence-corrected chi connectivity index (χ3v) is 4.06. The molecule has 0 saturated heterocycles. The number of halogens is 1. The van der Waals surface area contributed by atoms with Gasteiger partial charge in [0.05, 0.1) is 6.54 Å². The van der Waals surface area contributed by atoms with E-state index >= 15 is 0 Å². The van der Waals surface area contributed by atoms with E-state index in [0.717, 1.165) is 30.1 Å². The molecule has 0 bridgehead atoms. The molecule has 1 aliphatic rings. The quantitative estimate of drug-likeness (QED) is 0.595. The second-order valence-corrected chi connectivity index (χ2v) is 5.41. The lowest BCUT2D eigenvalue weighted by atomic mass is 10.1. The Morgan fingerprint density at radius 1 is 1.18 bits per heavy atom. The molecule has 5 heteroatoms. The summed E-state index contributed by atoms with van der Waals surface area (Å²) in [5.74, 6) is 0.593. The number of nitrogens with zero attached hydrogens (tertiary/aromatic N) is 2. The molecule has 22 heavy (non-hydrogen) atoms. The summed E-state index contributed by atoms with van der Waals surface area (Å²) in [4.78, 5) is 12.5. The molecule has 110 valence electrons. The lowest BCUT2D eigenvalue weighted by Crippen LogP contribution is -2.29. The smallest absolute Gasteiger partial charge is 0.291 e. The number of carbonyl (C=O) groups is 1. The highest BCUT2D eigenvalue weighted by Crippen LogP contribution is 2.21. The van der Waals surface area contributed by atoms with Gasteiger partial charge in [0, 0.05) is 5.56 Å². The number of rotatable bonds is 3. The van der Waals surface area contributed by atoms with Crippen molar-refractivity contribution in [3.8, 4) is 0 Å². The topological polar surface area (TPSA) is 37.9 Å². The molecule has 0 radical (unpaired) electrons. The Hall–Kier alpha value is -2.69. The fourth-order valence-corrected chi connectivity index (χ4v) is 3.02. The minimum Gasteiger partial charge on any atom is -0.291 e. The largest absolute Gasteiger partial charge is 0.359 e. The van der Waals surface area contributed by atoms with Crippen LogP contribution in [0.25, 0.3) is 11.0 Å². The number of hydrogen-bond acceptors (Lipinski definition) is 2. The van der Waals surface area contributed by atoms with Crippen LogP contribution < -0.4 is 9.88 Å². The second-order valence-electron chi connectivity index (χ2n) is 5.41. The van der Waals surface area contributed by atoms with Gasteiger partial charge in [0.1, 0.15) is 29.9 Å². The summed E-state index contributed by atoms with van der Waals surface area (Å²) >= 11 is 0. The first-order valence-corrected chi connectivity index (χ1v) is 7.28. The molecule has 0 amide bonds. The molecular formula is C17H15FN3O+. The van der Waals surface area contributed by atoms with Crippen molar-refractivity contribution in [1.29, 1.82) is 0 Å². The number of fused-ring (bicyclic) bond motifs is 3. The predicted molar refractivity (Wildman–Crippen MR) is 81.4 cm³/mol. The Morgan fingerprint density at radius 2 is 1.95 bits per heavy atom. The van der Waals surface area contributed by atoms with E-state index < -0.39 is 0 Å². The second kappa shape index (κ2) is 4.94. The molecule has 1 aliphatic heterocycles. The van der Waals surface area contributed by atoms with Gasteiger partial charge in [0.25, 0.3) is 0 Å². The maximum atomic E-state index is 13.0. The standard InChI is InChI=1S/C17H14FN3O/c18-13-7-5-12(6-8-13)16(22)11-21-15-4-2-1-3-14(15)20-10-9-19-17(20)21/h1-8H,9-11H2/p+1. The average molecular weight is 296 g/mol. The summed E-state index contributed by atoms with van der Waals surface area (Å²) in [7, 11) is 0. The van der Waals surface area contributed by atoms with Gasteiger partial charge >= 0.3 is 5.95 Å². The van der Waals surface area contributed by atoms with Crippen LogP contribution in [0.1, 0.15) is 10.4 Å². The molecule has 4 rings (SSSR count). The fourth-order valence-electron chi connectivity index (χ4n) is 3.02. The van der Waals surface area contributed by atoms with Gasteiger partial charge in [0.15, 0.2) is 5.78 Å². The van der Waals surface area contributed by atoms with Gasteiger partial charge in [-0.15, -0.1) is 0 Å². The third kappa shape index (κ3) is 1.97. The first-order chi connectivity index (χ1) is 10.7. The summed E-state index contributed by atoms with van der Waals surface area (Å²) in [5, 5.41) is 3.34. The van der Waals surface area contributed by atoms with Crippen LogP contribution in [-0.2, 0) is 13.1 Å². The van der Waals surface area contributed by atoms with E-state index in [1.54, 1.807) is 0 Å². The van der Waals surface area contributed by atoms with Crippen LogP contribution in [-0.4, -0.2) is 16.9 Å². The minimum atomic E-state index is -0.332. The van der Waals surface area contributed by atoms with Crippen molar-refractivity contribution in [2.75, 3.05) is 11.9 Å². The highest BCUT2D eigenvalue weighted by molar-refractivity contribution is 5.96. The number of imidazole rings is 1. The molecule has 0 atom stereocenters. The highest BCUT2D eigenvalue weighted by Gasteiger charge is 2.28. The van der Waals surface area contributed by atoms with Crippen LogP contribution in [0.2, 0.25) is 0 Å². The average Bonchev–Trinajstić information content (AvgIpc) is 3.11. The van der Waals surface area contributed by atoms with Crippen molar-refractivity contribution in [1.82, 2.24) is 4.57 Å². The van der Waals surface area contributed by atoms with Crippen molar-refractivity contribution in [3.63, 3.8) is 0 Å². The number of aromatic nitrogens is 2. The van der Waals surface area contributed by atoms with Crippen molar-refractivity contribution >= 4 is 22.8 Å². The van der Waals surface area contributed by atoms with E-state index in [-0.39, 0.29) is 18.1 Å². The van der Waals surface area contributed by atoms with Gasteiger partial charge < -0.3 is 0 Å². The third-order valence-electron chi connectivity index (χ3n) is 4.06. The summed E-state index contributed by atoms with van der Waals surface area (Å²) in [6, 6.07) is 13.7. The monoisotopic (exact) mass is 296 g/mol. The van der Waals surface area contributed by atoms with Crippen molar-refractivity contribution in [2.24, 2.45) is 0 Å². The van der Waals surface area contributed by atoms with E-state index in [0.29, 0.717) is 5.56 Å². The van der Waals surface area contributed by atoms with Gasteiger partial charge in [-0.1, -0.05) is 12.1 Å². The number of para-hydroxylation sites is 2. The zero-order valence-corrected chi connectivity index (χ0v) is 11.9. The number of Topliss-reactive ketones (excluding diaryl/α,β-unsaturated/α-hetero) is 1. The van der Waals surface area contributed by atoms with E-state index in [1.807, 2.05) is 22.8 Å². The van der Waals surface area contributed by atoms with Crippen molar-refractivity contribution < 1.29 is 13.8 Å². The fraction of sp³-hybridized carbons (Fsp3) is 0.176. The number of nitrogens with one attached hydrogen (secondary N) is 1. The van der Waals surface area contributed by atoms with Gasteiger partial charge in [-0.3, -0.25) is 10.1 Å². The molecule has 3 aromatic rings. The van der Waals surface area contributed by atoms with Crippen LogP contribution in [0.3, 0.4) is 0 Å². The Labute approximate surface area is 126 Å². The van der Waals surface area contributed by atoms with Crippen molar-refractivity contribution in [2.45, 2.75) is 13.1 Å². The molecule has 0 spiro atoms. The number of anilines is 1. The van der Waals surface area contributed by atoms with Gasteiger partial charge in [-0.05, 0) is 36.4 Å². The number of ketones is 1. The summed E-state index contributed by atoms with van der Waals surface area (Å²) in [6.45, 7) is 2.00. The molecule has 2 aromatic carbocycles. The minimum absolute atomic E-state index is 0.0298. The molecule has 1 N–H and O–H groups in total. The molecule has 0 unspecified atom stereocenters. The number of carbonyl (C=O) groups excluding carboxylic acids is 1.